The van der Waals surface area contributed by atoms with Crippen LogP contribution in [0.5, 0.6) is 11.5 Å². The molecule has 8 nitrogen and oxygen atoms in total. The van der Waals surface area contributed by atoms with Gasteiger partial charge in [0.25, 0.3) is 11.7 Å². The van der Waals surface area contributed by atoms with Crippen LogP contribution in [0.3, 0.4) is 0 Å². The van der Waals surface area contributed by atoms with E-state index in [1.165, 1.54) is 20.3 Å². The van der Waals surface area contributed by atoms with E-state index in [-0.39, 0.29) is 5.82 Å². The Balaban J connectivity index is 2.31. The molecular formula is C10H10ClN5O3. The van der Waals surface area contributed by atoms with Gasteiger partial charge in [-0.15, -0.1) is 10.2 Å². The maximum absolute atomic E-state index is 11.8. The highest BCUT2D eigenvalue weighted by molar-refractivity contribution is 6.32. The van der Waals surface area contributed by atoms with Crippen molar-refractivity contribution in [3.05, 3.63) is 23.0 Å². The van der Waals surface area contributed by atoms with Crippen molar-refractivity contribution < 1.29 is 14.3 Å². The highest BCUT2D eigenvalue weighted by atomic mass is 35.5. The third-order valence-electron chi connectivity index (χ3n) is 2.27. The lowest BCUT2D eigenvalue weighted by atomic mass is 10.2. The van der Waals surface area contributed by atoms with Gasteiger partial charge in [-0.3, -0.25) is 4.79 Å². The summed E-state index contributed by atoms with van der Waals surface area (Å²) in [5, 5.41) is 15.6. The van der Waals surface area contributed by atoms with Crippen LogP contribution in [0.15, 0.2) is 12.1 Å². The van der Waals surface area contributed by atoms with E-state index in [0.29, 0.717) is 22.2 Å². The molecule has 19 heavy (non-hydrogen) atoms. The molecule has 0 unspecified atom stereocenters. The summed E-state index contributed by atoms with van der Waals surface area (Å²) in [5.74, 6) is 0.181. The lowest BCUT2D eigenvalue weighted by Crippen LogP contribution is -2.14. The summed E-state index contributed by atoms with van der Waals surface area (Å²) in [4.78, 5) is 11.8. The average Bonchev–Trinajstić information content (AvgIpc) is 2.94. The van der Waals surface area contributed by atoms with E-state index in [4.69, 9.17) is 21.1 Å². The van der Waals surface area contributed by atoms with E-state index in [1.807, 2.05) is 0 Å². The molecule has 0 aliphatic carbocycles. The second-order valence-electron chi connectivity index (χ2n) is 3.38. The molecule has 2 N–H and O–H groups in total. The van der Waals surface area contributed by atoms with Crippen molar-refractivity contribution in [2.24, 2.45) is 0 Å². The molecule has 0 atom stereocenters. The summed E-state index contributed by atoms with van der Waals surface area (Å²) >= 11 is 5.96. The SMILES string of the molecule is COc1cc(NC(=O)c2nn[nH]n2)c(OC)cc1Cl. The van der Waals surface area contributed by atoms with Gasteiger partial charge in [-0.1, -0.05) is 11.6 Å². The molecule has 0 aliphatic heterocycles. The smallest absolute Gasteiger partial charge is 0.297 e. The first-order valence-corrected chi connectivity index (χ1v) is 5.49. The fraction of sp³-hybridized carbons (Fsp3) is 0.200. The number of aromatic nitrogens is 4. The highest BCUT2D eigenvalue weighted by Crippen LogP contribution is 2.35. The number of halogens is 1. The number of rotatable bonds is 4. The first-order valence-electron chi connectivity index (χ1n) is 5.12. The van der Waals surface area contributed by atoms with Crippen LogP contribution >= 0.6 is 11.6 Å². The van der Waals surface area contributed by atoms with E-state index < -0.39 is 5.91 Å². The van der Waals surface area contributed by atoms with Gasteiger partial charge >= 0.3 is 0 Å². The number of carbonyl (C=O) groups excluding carboxylic acids is 1. The van der Waals surface area contributed by atoms with Gasteiger partial charge in [-0.2, -0.15) is 5.21 Å². The monoisotopic (exact) mass is 283 g/mol. The number of nitrogens with zero attached hydrogens (tertiary/aromatic N) is 3. The van der Waals surface area contributed by atoms with Gasteiger partial charge in [-0.05, 0) is 5.21 Å². The van der Waals surface area contributed by atoms with Gasteiger partial charge in [0.05, 0.1) is 24.9 Å². The molecule has 100 valence electrons. The van der Waals surface area contributed by atoms with Crippen molar-refractivity contribution in [3.63, 3.8) is 0 Å². The standard InChI is InChI=1S/C10H10ClN5O3/c1-18-7-4-6(8(19-2)3-5(7)11)12-10(17)9-13-15-16-14-9/h3-4H,1-2H3,(H,12,17)(H,13,14,15,16). The van der Waals surface area contributed by atoms with Crippen molar-refractivity contribution >= 4 is 23.2 Å². The number of methoxy groups -OCH3 is 2. The number of tetrazole rings is 1. The zero-order valence-corrected chi connectivity index (χ0v) is 10.9. The Bertz CT molecular complexity index is 587. The number of carbonyl (C=O) groups is 1. The predicted molar refractivity (Wildman–Crippen MR) is 66.7 cm³/mol. The number of nitrogens with one attached hydrogen (secondary N) is 2. The van der Waals surface area contributed by atoms with Crippen molar-refractivity contribution in [3.8, 4) is 11.5 Å². The fourth-order valence-corrected chi connectivity index (χ4v) is 1.63. The van der Waals surface area contributed by atoms with Gasteiger partial charge in [0.15, 0.2) is 0 Å². The number of hydrogen-bond acceptors (Lipinski definition) is 6. The summed E-state index contributed by atoms with van der Waals surface area (Å²) < 4.78 is 10.2. The summed E-state index contributed by atoms with van der Waals surface area (Å²) in [6, 6.07) is 3.07. The zero-order chi connectivity index (χ0) is 13.8. The van der Waals surface area contributed by atoms with Crippen LogP contribution in [0, 0.1) is 0 Å². The van der Waals surface area contributed by atoms with Crippen LogP contribution in [0.4, 0.5) is 5.69 Å². The zero-order valence-electron chi connectivity index (χ0n) is 10.1. The summed E-state index contributed by atoms with van der Waals surface area (Å²) in [6.07, 6.45) is 0. The van der Waals surface area contributed by atoms with Gasteiger partial charge in [0.2, 0.25) is 0 Å². The molecule has 0 radical (unpaired) electrons. The van der Waals surface area contributed by atoms with Crippen molar-refractivity contribution in [1.29, 1.82) is 0 Å². The first-order chi connectivity index (χ1) is 9.15. The van der Waals surface area contributed by atoms with Crippen LogP contribution in [0.25, 0.3) is 0 Å². The number of ether oxygens (including phenoxy) is 2. The topological polar surface area (TPSA) is 102 Å². The fourth-order valence-electron chi connectivity index (χ4n) is 1.39. The molecule has 1 aromatic carbocycles. The summed E-state index contributed by atoms with van der Waals surface area (Å²) in [7, 11) is 2.93. The molecule has 9 heteroatoms. The highest BCUT2D eigenvalue weighted by Gasteiger charge is 2.16. The molecule has 2 aromatic rings. The van der Waals surface area contributed by atoms with E-state index >= 15 is 0 Å². The van der Waals surface area contributed by atoms with Gasteiger partial charge < -0.3 is 14.8 Å². The molecule has 0 bridgehead atoms. The van der Waals surface area contributed by atoms with E-state index in [0.717, 1.165) is 0 Å². The molecular weight excluding hydrogens is 274 g/mol. The first kappa shape index (κ1) is 13.1. The Morgan fingerprint density at radius 2 is 2.05 bits per heavy atom. The molecule has 2 rings (SSSR count). The van der Waals surface area contributed by atoms with Gasteiger partial charge in [0.1, 0.15) is 11.5 Å². The third-order valence-corrected chi connectivity index (χ3v) is 2.57. The normalized spacial score (nSPS) is 10.1. The van der Waals surface area contributed by atoms with Gasteiger partial charge in [0, 0.05) is 12.1 Å². The maximum atomic E-state index is 11.8. The minimum absolute atomic E-state index is 0.0871. The van der Waals surface area contributed by atoms with Gasteiger partial charge in [-0.25, -0.2) is 0 Å². The van der Waals surface area contributed by atoms with Crippen LogP contribution < -0.4 is 14.8 Å². The molecule has 0 saturated carbocycles. The quantitative estimate of drug-likeness (QED) is 0.872. The van der Waals surface area contributed by atoms with Crippen LogP contribution in [-0.4, -0.2) is 40.8 Å². The van der Waals surface area contributed by atoms with Crippen molar-refractivity contribution in [2.45, 2.75) is 0 Å². The predicted octanol–water partition coefficient (Wildman–Crippen LogP) is 1.12. The summed E-state index contributed by atoms with van der Waals surface area (Å²) in [6.45, 7) is 0. The Morgan fingerprint density at radius 1 is 1.32 bits per heavy atom. The summed E-state index contributed by atoms with van der Waals surface area (Å²) in [5.41, 5.74) is 0.388. The molecule has 0 fully saturated rings. The Kier molecular flexibility index (Phi) is 3.81. The molecule has 1 heterocycles. The van der Waals surface area contributed by atoms with E-state index in [1.54, 1.807) is 6.07 Å². The lowest BCUT2D eigenvalue weighted by Gasteiger charge is -2.12. The minimum atomic E-state index is -0.531. The number of hydrogen-bond donors (Lipinski definition) is 2. The number of H-pyrrole nitrogens is 1. The van der Waals surface area contributed by atoms with E-state index in [9.17, 15) is 4.79 Å². The maximum Gasteiger partial charge on any atom is 0.297 e. The minimum Gasteiger partial charge on any atom is -0.495 e. The van der Waals surface area contributed by atoms with Crippen molar-refractivity contribution in [2.75, 3.05) is 19.5 Å². The average molecular weight is 284 g/mol. The van der Waals surface area contributed by atoms with E-state index in [2.05, 4.69) is 25.9 Å². The molecule has 0 saturated heterocycles. The number of anilines is 1. The Hall–Kier alpha value is -2.35. The molecule has 1 amide bonds. The largest absolute Gasteiger partial charge is 0.495 e. The van der Waals surface area contributed by atoms with Crippen LogP contribution in [0.1, 0.15) is 10.6 Å². The Labute approximate surface area is 113 Å². The third kappa shape index (κ3) is 2.74. The number of aromatic amines is 1. The second-order valence-corrected chi connectivity index (χ2v) is 3.78. The molecule has 0 spiro atoms. The number of amides is 1. The van der Waals surface area contributed by atoms with Crippen LogP contribution in [0.2, 0.25) is 5.02 Å². The number of benzene rings is 1. The van der Waals surface area contributed by atoms with Crippen molar-refractivity contribution in [1.82, 2.24) is 20.6 Å². The molecule has 0 aliphatic rings. The second kappa shape index (κ2) is 5.53. The molecule has 1 aromatic heterocycles. The van der Waals surface area contributed by atoms with Crippen LogP contribution in [-0.2, 0) is 0 Å². The Morgan fingerprint density at radius 3 is 2.63 bits per heavy atom. The lowest BCUT2D eigenvalue weighted by molar-refractivity contribution is 0.101.